The number of hydrogen-bond donors (Lipinski definition) is 2. The van der Waals surface area contributed by atoms with Crippen molar-refractivity contribution in [1.82, 2.24) is 10.2 Å². The molecule has 128 valence electrons. The quantitative estimate of drug-likeness (QED) is 0.684. The van der Waals surface area contributed by atoms with Crippen LogP contribution in [-0.2, 0) is 14.8 Å². The maximum atomic E-state index is 13.4. The molecular formula is C18H17N3O3S. The van der Waals surface area contributed by atoms with Crippen molar-refractivity contribution in [3.8, 4) is 0 Å². The molecule has 2 aromatic carbocycles. The second kappa shape index (κ2) is 6.27. The molecule has 0 aliphatic heterocycles. The van der Waals surface area contributed by atoms with Gasteiger partial charge in [-0.15, -0.1) is 0 Å². The van der Waals surface area contributed by atoms with Crippen LogP contribution in [0.15, 0.2) is 66.7 Å². The molecule has 0 amide bonds. The standard InChI is InChI=1S/C18H17N3O3S/c1-13-12-16(21-20-13)18(25(19,23)24,15-10-6-3-7-11-15)17(22)14-8-4-2-5-9-14/h2-12H,1H3,(H,20,21)(H2,19,23,24). The van der Waals surface area contributed by atoms with E-state index in [0.717, 1.165) is 0 Å². The zero-order valence-corrected chi connectivity index (χ0v) is 14.3. The fraction of sp³-hybridized carbons (Fsp3) is 0.111. The maximum Gasteiger partial charge on any atom is 0.232 e. The Bertz CT molecular complexity index is 998. The van der Waals surface area contributed by atoms with Gasteiger partial charge in [0.1, 0.15) is 0 Å². The lowest BCUT2D eigenvalue weighted by molar-refractivity contribution is 0.0953. The molecule has 3 N–H and O–H groups in total. The van der Waals surface area contributed by atoms with E-state index in [1.54, 1.807) is 67.6 Å². The number of ketones is 1. The summed E-state index contributed by atoms with van der Waals surface area (Å²) in [4.78, 5) is 13.4. The molecular weight excluding hydrogens is 338 g/mol. The van der Waals surface area contributed by atoms with Crippen LogP contribution in [0.5, 0.6) is 0 Å². The first-order valence-corrected chi connectivity index (χ1v) is 9.12. The van der Waals surface area contributed by atoms with Gasteiger partial charge in [0.25, 0.3) is 0 Å². The van der Waals surface area contributed by atoms with E-state index in [-0.39, 0.29) is 16.8 Å². The van der Waals surface area contributed by atoms with Crippen molar-refractivity contribution in [2.75, 3.05) is 0 Å². The predicted molar refractivity (Wildman–Crippen MR) is 94.4 cm³/mol. The van der Waals surface area contributed by atoms with Crippen molar-refractivity contribution in [3.63, 3.8) is 0 Å². The Morgan fingerprint density at radius 1 is 1.04 bits per heavy atom. The van der Waals surface area contributed by atoms with Gasteiger partial charge in [0.2, 0.25) is 14.8 Å². The van der Waals surface area contributed by atoms with Crippen molar-refractivity contribution in [2.45, 2.75) is 11.7 Å². The molecule has 1 heterocycles. The van der Waals surface area contributed by atoms with Crippen molar-refractivity contribution in [3.05, 3.63) is 89.2 Å². The summed E-state index contributed by atoms with van der Waals surface area (Å²) in [6.45, 7) is 1.72. The van der Waals surface area contributed by atoms with Crippen LogP contribution in [0, 0.1) is 6.92 Å². The topological polar surface area (TPSA) is 106 Å². The SMILES string of the molecule is Cc1cc(C(C(=O)c2ccccc2)(c2ccccc2)S(N)(=O)=O)n[nH]1. The number of nitrogens with one attached hydrogen (secondary N) is 1. The Morgan fingerprint density at radius 3 is 2.08 bits per heavy atom. The van der Waals surface area contributed by atoms with Gasteiger partial charge in [-0.2, -0.15) is 5.10 Å². The fourth-order valence-corrected chi connectivity index (χ4v) is 4.14. The number of sulfonamides is 1. The first-order valence-electron chi connectivity index (χ1n) is 7.57. The average Bonchev–Trinajstić information content (AvgIpc) is 3.02. The van der Waals surface area contributed by atoms with Crippen LogP contribution < -0.4 is 5.14 Å². The fourth-order valence-electron chi connectivity index (χ4n) is 2.90. The number of carbonyl (C=O) groups is 1. The Morgan fingerprint density at radius 2 is 1.60 bits per heavy atom. The van der Waals surface area contributed by atoms with Gasteiger partial charge in [0, 0.05) is 11.3 Å². The third kappa shape index (κ3) is 2.77. The molecule has 6 nitrogen and oxygen atoms in total. The number of nitrogens with two attached hydrogens (primary N) is 1. The molecule has 0 bridgehead atoms. The van der Waals surface area contributed by atoms with E-state index in [9.17, 15) is 13.2 Å². The van der Waals surface area contributed by atoms with Gasteiger partial charge in [-0.3, -0.25) is 9.89 Å². The van der Waals surface area contributed by atoms with Crippen molar-refractivity contribution in [1.29, 1.82) is 0 Å². The van der Waals surface area contributed by atoms with Crippen molar-refractivity contribution >= 4 is 15.8 Å². The summed E-state index contributed by atoms with van der Waals surface area (Å²) < 4.78 is 23.4. The molecule has 1 aromatic heterocycles. The summed E-state index contributed by atoms with van der Waals surface area (Å²) >= 11 is 0. The van der Waals surface area contributed by atoms with Crippen LogP contribution in [0.25, 0.3) is 0 Å². The minimum Gasteiger partial charge on any atom is -0.291 e. The number of aromatic nitrogens is 2. The van der Waals surface area contributed by atoms with E-state index in [0.29, 0.717) is 5.69 Å². The zero-order chi connectivity index (χ0) is 18.1. The lowest BCUT2D eigenvalue weighted by Gasteiger charge is -2.29. The highest BCUT2D eigenvalue weighted by Crippen LogP contribution is 2.38. The number of benzene rings is 2. The summed E-state index contributed by atoms with van der Waals surface area (Å²) in [5.74, 6) is -0.645. The van der Waals surface area contributed by atoms with E-state index < -0.39 is 20.6 Å². The van der Waals surface area contributed by atoms with E-state index in [1.165, 1.54) is 6.07 Å². The Hall–Kier alpha value is -2.77. The number of hydrogen-bond acceptors (Lipinski definition) is 4. The predicted octanol–water partition coefficient (Wildman–Crippen LogP) is 2.13. The van der Waals surface area contributed by atoms with Gasteiger partial charge in [-0.1, -0.05) is 60.7 Å². The van der Waals surface area contributed by atoms with E-state index >= 15 is 0 Å². The first-order chi connectivity index (χ1) is 11.9. The van der Waals surface area contributed by atoms with Crippen LogP contribution >= 0.6 is 0 Å². The van der Waals surface area contributed by atoms with Crippen LogP contribution in [0.3, 0.4) is 0 Å². The lowest BCUT2D eigenvalue weighted by Crippen LogP contribution is -2.48. The molecule has 3 aromatic rings. The van der Waals surface area contributed by atoms with Crippen molar-refractivity contribution in [2.24, 2.45) is 5.14 Å². The van der Waals surface area contributed by atoms with Gasteiger partial charge >= 0.3 is 0 Å². The summed E-state index contributed by atoms with van der Waals surface area (Å²) in [5.41, 5.74) is 1.16. The molecule has 0 fully saturated rings. The molecule has 0 saturated carbocycles. The third-order valence-corrected chi connectivity index (χ3v) is 5.51. The van der Waals surface area contributed by atoms with E-state index in [4.69, 9.17) is 5.14 Å². The van der Waals surface area contributed by atoms with Gasteiger partial charge < -0.3 is 0 Å². The number of Topliss-reactive ketones (excluding diaryl/α,β-unsaturated/α-hetero) is 1. The summed E-state index contributed by atoms with van der Waals surface area (Å²) in [6, 6.07) is 17.9. The average molecular weight is 355 g/mol. The summed E-state index contributed by atoms with van der Waals surface area (Å²) in [7, 11) is -4.40. The molecule has 0 spiro atoms. The minimum atomic E-state index is -4.40. The smallest absolute Gasteiger partial charge is 0.232 e. The molecule has 0 saturated heterocycles. The van der Waals surface area contributed by atoms with Crippen molar-refractivity contribution < 1.29 is 13.2 Å². The second-order valence-corrected chi connectivity index (χ2v) is 7.43. The normalized spacial score (nSPS) is 14.0. The molecule has 0 radical (unpaired) electrons. The first kappa shape index (κ1) is 17.1. The highest BCUT2D eigenvalue weighted by molar-refractivity contribution is 7.91. The van der Waals surface area contributed by atoms with Gasteiger partial charge in [0.05, 0.1) is 5.69 Å². The van der Waals surface area contributed by atoms with Crippen LogP contribution in [0.2, 0.25) is 0 Å². The Balaban J connectivity index is 2.40. The molecule has 1 atom stereocenters. The largest absolute Gasteiger partial charge is 0.291 e. The van der Waals surface area contributed by atoms with E-state index in [2.05, 4.69) is 10.2 Å². The number of rotatable bonds is 5. The van der Waals surface area contributed by atoms with Gasteiger partial charge in [-0.25, -0.2) is 13.6 Å². The zero-order valence-electron chi connectivity index (χ0n) is 13.5. The summed E-state index contributed by atoms with van der Waals surface area (Å²) in [6.07, 6.45) is 0. The van der Waals surface area contributed by atoms with E-state index in [1.807, 2.05) is 0 Å². The lowest BCUT2D eigenvalue weighted by atomic mass is 9.86. The molecule has 0 aliphatic carbocycles. The molecule has 3 rings (SSSR count). The third-order valence-electron chi connectivity index (χ3n) is 4.03. The number of primary sulfonamides is 1. The molecule has 25 heavy (non-hydrogen) atoms. The highest BCUT2D eigenvalue weighted by atomic mass is 32.2. The Labute approximate surface area is 145 Å². The van der Waals surface area contributed by atoms with Gasteiger partial charge in [-0.05, 0) is 18.6 Å². The monoisotopic (exact) mass is 355 g/mol. The van der Waals surface area contributed by atoms with Crippen LogP contribution in [0.4, 0.5) is 0 Å². The summed E-state index contributed by atoms with van der Waals surface area (Å²) in [5, 5.41) is 12.4. The number of aryl methyl sites for hydroxylation is 1. The maximum absolute atomic E-state index is 13.4. The number of carbonyl (C=O) groups excluding carboxylic acids is 1. The molecule has 1 unspecified atom stereocenters. The number of aromatic amines is 1. The highest BCUT2D eigenvalue weighted by Gasteiger charge is 2.54. The molecule has 0 aliphatic rings. The molecule has 7 heteroatoms. The Kier molecular flexibility index (Phi) is 4.28. The number of nitrogens with zero attached hydrogens (tertiary/aromatic N) is 1. The van der Waals surface area contributed by atoms with Crippen LogP contribution in [-0.4, -0.2) is 24.4 Å². The van der Waals surface area contributed by atoms with Gasteiger partial charge in [0.15, 0.2) is 5.78 Å². The number of H-pyrrole nitrogens is 1. The minimum absolute atomic E-state index is 0.0487. The second-order valence-electron chi connectivity index (χ2n) is 5.72. The van der Waals surface area contributed by atoms with Crippen LogP contribution in [0.1, 0.15) is 27.3 Å².